The van der Waals surface area contributed by atoms with Crippen LogP contribution in [0, 0.1) is 11.8 Å². The number of benzene rings is 1. The van der Waals surface area contributed by atoms with Gasteiger partial charge in [0, 0.05) is 10.9 Å². The van der Waals surface area contributed by atoms with Gasteiger partial charge in [0.15, 0.2) is 5.13 Å². The third kappa shape index (κ3) is 3.77. The van der Waals surface area contributed by atoms with Crippen molar-refractivity contribution in [2.24, 2.45) is 11.8 Å². The number of carbonyl (C=O) groups excluding carboxylic acids is 3. The van der Waals surface area contributed by atoms with Crippen LogP contribution in [0.15, 0.2) is 35.7 Å². The third-order valence-electron chi connectivity index (χ3n) is 5.10. The molecule has 0 saturated carbocycles. The molecule has 3 amide bonds. The number of fused-ring (bicyclic) bond motifs is 1. The number of anilines is 1. The molecule has 0 radical (unpaired) electrons. The van der Waals surface area contributed by atoms with Crippen LogP contribution in [0.4, 0.5) is 5.13 Å². The number of nitrogens with one attached hydrogen (secondary N) is 1. The molecule has 1 fully saturated rings. The summed E-state index contributed by atoms with van der Waals surface area (Å²) in [5.41, 5.74) is 1.44. The van der Waals surface area contributed by atoms with E-state index in [1.807, 2.05) is 18.2 Å². The minimum absolute atomic E-state index is 0.271. The van der Waals surface area contributed by atoms with Crippen molar-refractivity contribution in [1.82, 2.24) is 9.88 Å². The highest BCUT2D eigenvalue weighted by atomic mass is 35.5. The summed E-state index contributed by atoms with van der Waals surface area (Å²) in [4.78, 5) is 42.8. The van der Waals surface area contributed by atoms with Crippen molar-refractivity contribution in [2.75, 3.05) is 19.0 Å². The highest BCUT2D eigenvalue weighted by Gasteiger charge is 2.47. The summed E-state index contributed by atoms with van der Waals surface area (Å²) < 4.78 is 5.14. The van der Waals surface area contributed by atoms with Crippen molar-refractivity contribution in [2.45, 2.75) is 12.8 Å². The number of halogens is 1. The van der Waals surface area contributed by atoms with Gasteiger partial charge in [0.2, 0.25) is 17.7 Å². The number of imide groups is 1. The van der Waals surface area contributed by atoms with Crippen LogP contribution in [-0.4, -0.2) is 41.3 Å². The molecule has 9 heteroatoms. The molecule has 0 bridgehead atoms. The lowest BCUT2D eigenvalue weighted by molar-refractivity contribution is -0.142. The van der Waals surface area contributed by atoms with Gasteiger partial charge in [-0.2, -0.15) is 0 Å². The number of aromatic nitrogens is 1. The molecular weight excluding hydrogens is 414 g/mol. The minimum atomic E-state index is -0.452. The molecule has 7 nitrogen and oxygen atoms in total. The zero-order valence-electron chi connectivity index (χ0n) is 15.6. The first kappa shape index (κ1) is 19.6. The lowest BCUT2D eigenvalue weighted by Crippen LogP contribution is -2.38. The average Bonchev–Trinajstić information content (AvgIpc) is 3.27. The number of methoxy groups -OCH3 is 1. The Morgan fingerprint density at radius 2 is 1.97 bits per heavy atom. The Bertz CT molecular complexity index is 993. The first-order valence-corrected chi connectivity index (χ1v) is 10.3. The molecule has 1 aliphatic heterocycles. The molecule has 0 spiro atoms. The quantitative estimate of drug-likeness (QED) is 0.579. The highest BCUT2D eigenvalue weighted by molar-refractivity contribution is 7.14. The van der Waals surface area contributed by atoms with Gasteiger partial charge in [0.25, 0.3) is 0 Å². The number of rotatable bonds is 5. The number of ether oxygens (including phenoxy) is 1. The molecule has 4 rings (SSSR count). The molecule has 2 aromatic rings. The fourth-order valence-electron chi connectivity index (χ4n) is 3.62. The number of hydrogen-bond acceptors (Lipinski definition) is 6. The zero-order valence-corrected chi connectivity index (χ0v) is 17.1. The molecular formula is C20H18ClN3O4S. The van der Waals surface area contributed by atoms with Crippen LogP contribution in [0.2, 0.25) is 5.02 Å². The number of carbonyl (C=O) groups is 3. The Balaban J connectivity index is 1.41. The summed E-state index contributed by atoms with van der Waals surface area (Å²) in [7, 11) is 1.54. The molecule has 1 aliphatic carbocycles. The van der Waals surface area contributed by atoms with Crippen LogP contribution in [0.5, 0.6) is 5.75 Å². The summed E-state index contributed by atoms with van der Waals surface area (Å²) in [6, 6.07) is 5.30. The Morgan fingerprint density at radius 1 is 1.28 bits per heavy atom. The maximum atomic E-state index is 12.5. The second-order valence-electron chi connectivity index (χ2n) is 6.85. The molecule has 2 unspecified atom stereocenters. The lowest BCUT2D eigenvalue weighted by atomic mass is 9.85. The summed E-state index contributed by atoms with van der Waals surface area (Å²) >= 11 is 7.40. The lowest BCUT2D eigenvalue weighted by Gasteiger charge is -2.14. The van der Waals surface area contributed by atoms with Gasteiger partial charge in [-0.05, 0) is 31.0 Å². The van der Waals surface area contributed by atoms with E-state index in [0.29, 0.717) is 34.4 Å². The van der Waals surface area contributed by atoms with Crippen molar-refractivity contribution >= 4 is 45.8 Å². The van der Waals surface area contributed by atoms with Gasteiger partial charge in [0.05, 0.1) is 29.7 Å². The van der Waals surface area contributed by atoms with Gasteiger partial charge in [-0.1, -0.05) is 23.8 Å². The maximum absolute atomic E-state index is 12.5. The van der Waals surface area contributed by atoms with Crippen LogP contribution in [-0.2, 0) is 14.4 Å². The number of thiazole rings is 1. The monoisotopic (exact) mass is 431 g/mol. The predicted molar refractivity (Wildman–Crippen MR) is 110 cm³/mol. The van der Waals surface area contributed by atoms with Gasteiger partial charge in [0.1, 0.15) is 12.3 Å². The van der Waals surface area contributed by atoms with E-state index < -0.39 is 5.91 Å². The van der Waals surface area contributed by atoms with Crippen LogP contribution >= 0.6 is 22.9 Å². The van der Waals surface area contributed by atoms with Gasteiger partial charge < -0.3 is 10.1 Å². The van der Waals surface area contributed by atoms with Gasteiger partial charge >= 0.3 is 0 Å². The van der Waals surface area contributed by atoms with Gasteiger partial charge in [-0.25, -0.2) is 4.98 Å². The standard InChI is InChI=1S/C20H18ClN3O4S/c1-28-16-7-6-11(8-14(16)21)15-10-29-20(22-15)23-17(25)9-24-18(26)12-4-2-3-5-13(12)19(24)27/h2-3,6-8,10,12-13H,4-5,9H2,1H3,(H,22,23,25). The fourth-order valence-corrected chi connectivity index (χ4v) is 4.61. The van der Waals surface area contributed by atoms with E-state index in [1.165, 1.54) is 11.3 Å². The number of allylic oxidation sites excluding steroid dienone is 2. The molecule has 2 aliphatic rings. The maximum Gasteiger partial charge on any atom is 0.246 e. The van der Waals surface area contributed by atoms with E-state index in [9.17, 15) is 14.4 Å². The average molecular weight is 432 g/mol. The predicted octanol–water partition coefficient (Wildman–Crippen LogP) is 3.36. The summed E-state index contributed by atoms with van der Waals surface area (Å²) in [5, 5.41) is 5.31. The Kier molecular flexibility index (Phi) is 5.38. The molecule has 1 aromatic carbocycles. The second-order valence-corrected chi connectivity index (χ2v) is 8.12. The second kappa shape index (κ2) is 7.96. The number of nitrogens with zero attached hydrogens (tertiary/aromatic N) is 2. The largest absolute Gasteiger partial charge is 0.495 e. The summed E-state index contributed by atoms with van der Waals surface area (Å²) in [6.07, 6.45) is 4.93. The van der Waals surface area contributed by atoms with Crippen molar-refractivity contribution in [3.8, 4) is 17.0 Å². The smallest absolute Gasteiger partial charge is 0.246 e. The molecule has 1 aromatic heterocycles. The van der Waals surface area contributed by atoms with Crippen LogP contribution in [0.3, 0.4) is 0 Å². The van der Waals surface area contributed by atoms with E-state index >= 15 is 0 Å². The Hall–Kier alpha value is -2.71. The SMILES string of the molecule is COc1ccc(-c2csc(NC(=O)CN3C(=O)C4CC=CCC4C3=O)n2)cc1Cl. The molecule has 1 N–H and O–H groups in total. The molecule has 29 heavy (non-hydrogen) atoms. The normalized spacial score (nSPS) is 20.7. The highest BCUT2D eigenvalue weighted by Crippen LogP contribution is 2.35. The minimum Gasteiger partial charge on any atom is -0.495 e. The molecule has 1 saturated heterocycles. The number of likely N-dealkylation sites (tertiary alicyclic amines) is 1. The Morgan fingerprint density at radius 3 is 2.59 bits per heavy atom. The van der Waals surface area contributed by atoms with Crippen molar-refractivity contribution in [1.29, 1.82) is 0 Å². The van der Waals surface area contributed by atoms with Crippen molar-refractivity contribution in [3.05, 3.63) is 40.8 Å². The first-order chi connectivity index (χ1) is 14.0. The van der Waals surface area contributed by atoms with Crippen molar-refractivity contribution in [3.63, 3.8) is 0 Å². The molecule has 2 atom stereocenters. The zero-order chi connectivity index (χ0) is 20.5. The molecule has 150 valence electrons. The first-order valence-electron chi connectivity index (χ1n) is 9.07. The van der Waals surface area contributed by atoms with Crippen LogP contribution in [0.25, 0.3) is 11.3 Å². The Labute approximate surface area is 176 Å². The number of hydrogen-bond donors (Lipinski definition) is 1. The fraction of sp³-hybridized carbons (Fsp3) is 0.300. The van der Waals surface area contributed by atoms with E-state index in [-0.39, 0.29) is 30.2 Å². The van der Waals surface area contributed by atoms with Crippen LogP contribution < -0.4 is 10.1 Å². The molecule has 2 heterocycles. The van der Waals surface area contributed by atoms with E-state index in [1.54, 1.807) is 24.6 Å². The van der Waals surface area contributed by atoms with Gasteiger partial charge in [-0.3, -0.25) is 19.3 Å². The van der Waals surface area contributed by atoms with Gasteiger partial charge in [-0.15, -0.1) is 11.3 Å². The van der Waals surface area contributed by atoms with E-state index in [4.69, 9.17) is 16.3 Å². The van der Waals surface area contributed by atoms with Crippen molar-refractivity contribution < 1.29 is 19.1 Å². The van der Waals surface area contributed by atoms with E-state index in [0.717, 1.165) is 10.5 Å². The van der Waals surface area contributed by atoms with E-state index in [2.05, 4.69) is 10.3 Å². The topological polar surface area (TPSA) is 88.6 Å². The summed E-state index contributed by atoms with van der Waals surface area (Å²) in [6.45, 7) is -0.298. The third-order valence-corrected chi connectivity index (χ3v) is 6.15. The van der Waals surface area contributed by atoms with Crippen LogP contribution in [0.1, 0.15) is 12.8 Å². The summed E-state index contributed by atoms with van der Waals surface area (Å²) in [5.74, 6) is -1.11. The number of amides is 3.